The van der Waals surface area contributed by atoms with E-state index in [2.05, 4.69) is 10.3 Å². The number of carbonyl (C=O) groups is 1. The molecule has 0 unspecified atom stereocenters. The molecule has 0 saturated heterocycles. The minimum atomic E-state index is -3.71. The van der Waals surface area contributed by atoms with Gasteiger partial charge >= 0.3 is 0 Å². The zero-order valence-electron chi connectivity index (χ0n) is 24.3. The number of sulfonamides is 1. The monoisotopic (exact) mass is 610 g/mol. The van der Waals surface area contributed by atoms with Gasteiger partial charge in [0, 0.05) is 47.6 Å². The van der Waals surface area contributed by atoms with Crippen LogP contribution in [0.4, 0.5) is 10.1 Å². The lowest BCUT2D eigenvalue weighted by molar-refractivity contribution is 0.0964. The third kappa shape index (κ3) is 4.31. The summed E-state index contributed by atoms with van der Waals surface area (Å²) in [5, 5.41) is 3.66. The quantitative estimate of drug-likeness (QED) is 0.244. The van der Waals surface area contributed by atoms with Gasteiger partial charge in [-0.15, -0.1) is 0 Å². The molecule has 0 saturated carbocycles. The summed E-state index contributed by atoms with van der Waals surface area (Å²) in [5.74, 6) is 0.184. The van der Waals surface area contributed by atoms with E-state index < -0.39 is 10.0 Å². The summed E-state index contributed by atoms with van der Waals surface area (Å²) in [7, 11) is -0.719. The molecular weight excluding hydrogens is 583 g/mol. The van der Waals surface area contributed by atoms with Crippen molar-refractivity contribution in [3.8, 4) is 39.6 Å². The number of ether oxygens (including phenoxy) is 1. The number of hydrogen-bond acceptors (Lipinski definition) is 6. The van der Waals surface area contributed by atoms with Crippen molar-refractivity contribution in [2.24, 2.45) is 0 Å². The average Bonchev–Trinajstić information content (AvgIpc) is 3.59. The molecule has 3 aromatic heterocycles. The van der Waals surface area contributed by atoms with Crippen LogP contribution < -0.4 is 14.4 Å². The number of benzene rings is 3. The fourth-order valence-electron chi connectivity index (χ4n) is 5.69. The lowest BCUT2D eigenvalue weighted by Gasteiger charge is -2.23. The molecule has 0 bridgehead atoms. The Hall–Kier alpha value is -5.16. The molecule has 44 heavy (non-hydrogen) atoms. The van der Waals surface area contributed by atoms with Gasteiger partial charge in [-0.25, -0.2) is 12.8 Å². The number of aromatic nitrogens is 2. The highest BCUT2D eigenvalue weighted by Gasteiger charge is 2.28. The first kappa shape index (κ1) is 27.7. The highest BCUT2D eigenvalue weighted by atomic mass is 32.2. The highest BCUT2D eigenvalue weighted by molar-refractivity contribution is 7.92. The van der Waals surface area contributed by atoms with Gasteiger partial charge in [-0.05, 0) is 37.3 Å². The number of halogens is 1. The summed E-state index contributed by atoms with van der Waals surface area (Å²) in [4.78, 5) is 17.9. The molecule has 1 aliphatic rings. The first-order chi connectivity index (χ1) is 21.0. The standard InChI is InChI=1S/C33H27FN4O5S/c1-18-8-10-19(11-9-18)32-31(33(39)35-2)23-12-21(27(15-29(23)43-32)37(3)44(4,40)41)25-13-22-28-14-20-24(34)6-5-7-26(20)38(28)17-42-30(22)16-36-25/h5-16H,17H2,1-4H3,(H,35,39). The average molecular weight is 611 g/mol. The van der Waals surface area contributed by atoms with Crippen molar-refractivity contribution in [1.82, 2.24) is 14.9 Å². The van der Waals surface area contributed by atoms with Crippen LogP contribution in [0.5, 0.6) is 5.75 Å². The van der Waals surface area contributed by atoms with Crippen molar-refractivity contribution >= 4 is 43.5 Å². The topological polar surface area (TPSA) is 107 Å². The Morgan fingerprint density at radius 1 is 1.05 bits per heavy atom. The third-order valence-electron chi connectivity index (χ3n) is 8.07. The van der Waals surface area contributed by atoms with Crippen LogP contribution in [0.3, 0.4) is 0 Å². The van der Waals surface area contributed by atoms with Crippen molar-refractivity contribution in [3.05, 3.63) is 89.9 Å². The second-order valence-corrected chi connectivity index (χ2v) is 12.8. The Morgan fingerprint density at radius 3 is 2.55 bits per heavy atom. The largest absolute Gasteiger partial charge is 0.470 e. The number of rotatable bonds is 5. The molecule has 0 radical (unpaired) electrons. The van der Waals surface area contributed by atoms with Crippen LogP contribution in [0.2, 0.25) is 0 Å². The van der Waals surface area contributed by atoms with Crippen molar-refractivity contribution in [1.29, 1.82) is 0 Å². The normalized spacial score (nSPS) is 12.6. The smallest absolute Gasteiger partial charge is 0.255 e. The van der Waals surface area contributed by atoms with E-state index >= 15 is 0 Å². The van der Waals surface area contributed by atoms with E-state index in [1.54, 1.807) is 43.6 Å². The van der Waals surface area contributed by atoms with Crippen molar-refractivity contribution in [2.45, 2.75) is 13.7 Å². The van der Waals surface area contributed by atoms with Crippen LogP contribution in [0.25, 0.3) is 55.7 Å². The number of amides is 1. The molecule has 0 spiro atoms. The maximum Gasteiger partial charge on any atom is 0.255 e. The number of nitrogens with zero attached hydrogens (tertiary/aromatic N) is 3. The molecular formula is C33H27FN4O5S. The number of anilines is 1. The second kappa shape index (κ2) is 9.95. The fraction of sp³-hybridized carbons (Fsp3) is 0.152. The fourth-order valence-corrected chi connectivity index (χ4v) is 6.19. The summed E-state index contributed by atoms with van der Waals surface area (Å²) < 4.78 is 55.6. The summed E-state index contributed by atoms with van der Waals surface area (Å²) in [6.45, 7) is 2.16. The molecule has 4 heterocycles. The number of hydrogen-bond donors (Lipinski definition) is 1. The zero-order valence-corrected chi connectivity index (χ0v) is 25.1. The van der Waals surface area contributed by atoms with Crippen LogP contribution >= 0.6 is 0 Å². The van der Waals surface area contributed by atoms with Gasteiger partial charge in [-0.1, -0.05) is 35.9 Å². The van der Waals surface area contributed by atoms with Crippen LogP contribution in [0.15, 0.2) is 77.3 Å². The molecule has 0 fully saturated rings. The molecule has 3 aromatic carbocycles. The Kier molecular flexibility index (Phi) is 6.26. The van der Waals surface area contributed by atoms with Gasteiger partial charge in [-0.3, -0.25) is 14.1 Å². The molecule has 11 heteroatoms. The van der Waals surface area contributed by atoms with Crippen molar-refractivity contribution in [2.75, 3.05) is 24.7 Å². The number of furan rings is 1. The summed E-state index contributed by atoms with van der Waals surface area (Å²) in [6.07, 6.45) is 2.68. The Balaban J connectivity index is 1.50. The number of pyridine rings is 1. The number of aryl methyl sites for hydroxylation is 1. The van der Waals surface area contributed by atoms with Gasteiger partial charge in [0.1, 0.15) is 22.9 Å². The lowest BCUT2D eigenvalue weighted by atomic mass is 9.99. The maximum atomic E-state index is 14.7. The van der Waals surface area contributed by atoms with E-state index in [-0.39, 0.29) is 18.5 Å². The van der Waals surface area contributed by atoms with Gasteiger partial charge in [0.05, 0.1) is 40.6 Å². The SMILES string of the molecule is CNC(=O)c1c(-c2ccc(C)cc2)oc2cc(N(C)S(C)(=O)=O)c(-c3cc4c(cn3)OCn3c-4cc4c(F)cccc43)cc12. The molecule has 7 rings (SSSR count). The predicted octanol–water partition coefficient (Wildman–Crippen LogP) is 6.34. The van der Waals surface area contributed by atoms with Crippen LogP contribution in [0.1, 0.15) is 15.9 Å². The molecule has 0 aliphatic carbocycles. The van der Waals surface area contributed by atoms with Gasteiger partial charge in [0.2, 0.25) is 10.0 Å². The molecule has 9 nitrogen and oxygen atoms in total. The van der Waals surface area contributed by atoms with Crippen LogP contribution in [0, 0.1) is 12.7 Å². The van der Waals surface area contributed by atoms with Crippen LogP contribution in [-0.2, 0) is 16.8 Å². The summed E-state index contributed by atoms with van der Waals surface area (Å²) in [5.41, 5.74) is 5.71. The Bertz CT molecular complexity index is 2250. The van der Waals surface area contributed by atoms with Gasteiger partial charge in [0.25, 0.3) is 5.91 Å². The first-order valence-corrected chi connectivity index (χ1v) is 15.6. The minimum Gasteiger partial charge on any atom is -0.470 e. The van der Waals surface area contributed by atoms with Crippen molar-refractivity contribution in [3.63, 3.8) is 0 Å². The Morgan fingerprint density at radius 2 is 1.82 bits per heavy atom. The van der Waals surface area contributed by atoms with E-state index in [0.717, 1.165) is 21.8 Å². The summed E-state index contributed by atoms with van der Waals surface area (Å²) >= 11 is 0. The predicted molar refractivity (Wildman–Crippen MR) is 168 cm³/mol. The van der Waals surface area contributed by atoms with Crippen molar-refractivity contribution < 1.29 is 26.8 Å². The second-order valence-electron chi connectivity index (χ2n) is 10.8. The number of fused-ring (bicyclic) bond motifs is 6. The summed E-state index contributed by atoms with van der Waals surface area (Å²) in [6, 6.07) is 19.4. The van der Waals surface area contributed by atoms with Gasteiger partial charge in [-0.2, -0.15) is 0 Å². The molecule has 0 atom stereocenters. The number of carbonyl (C=O) groups excluding carboxylic acids is 1. The van der Waals surface area contributed by atoms with Crippen LogP contribution in [-0.4, -0.2) is 44.2 Å². The Labute approximate surface area is 252 Å². The minimum absolute atomic E-state index is 0.191. The van der Waals surface area contributed by atoms with E-state index in [4.69, 9.17) is 9.15 Å². The lowest BCUT2D eigenvalue weighted by Crippen LogP contribution is -2.25. The molecule has 222 valence electrons. The zero-order chi connectivity index (χ0) is 30.9. The first-order valence-electron chi connectivity index (χ1n) is 13.8. The molecule has 6 aromatic rings. The third-order valence-corrected chi connectivity index (χ3v) is 9.26. The van der Waals surface area contributed by atoms with E-state index in [9.17, 15) is 17.6 Å². The number of nitrogens with one attached hydrogen (secondary N) is 1. The van der Waals surface area contributed by atoms with Gasteiger partial charge in [0.15, 0.2) is 6.73 Å². The highest BCUT2D eigenvalue weighted by Crippen LogP contribution is 2.44. The van der Waals surface area contributed by atoms with E-state index in [1.807, 2.05) is 41.8 Å². The molecule has 1 N–H and O–H groups in total. The van der Waals surface area contributed by atoms with E-state index in [0.29, 0.717) is 67.0 Å². The molecule has 1 aliphatic heterocycles. The molecule has 1 amide bonds. The van der Waals surface area contributed by atoms with E-state index in [1.165, 1.54) is 13.1 Å². The van der Waals surface area contributed by atoms with Gasteiger partial charge < -0.3 is 19.0 Å². The maximum absolute atomic E-state index is 14.7.